The number of rotatable bonds is 4. The summed E-state index contributed by atoms with van der Waals surface area (Å²) in [5, 5.41) is 0.312. The fourth-order valence-electron chi connectivity index (χ4n) is 2.92. The highest BCUT2D eigenvalue weighted by molar-refractivity contribution is 6.74. The summed E-state index contributed by atoms with van der Waals surface area (Å²) in [5.74, 6) is 0.644. The summed E-state index contributed by atoms with van der Waals surface area (Å²) in [6, 6.07) is 0. The normalized spacial score (nSPS) is 24.6. The quantitative estimate of drug-likeness (QED) is 0.469. The molecule has 0 aromatic rings. The van der Waals surface area contributed by atoms with Gasteiger partial charge in [-0.3, -0.25) is 0 Å². The molecule has 0 heterocycles. The van der Waals surface area contributed by atoms with Crippen molar-refractivity contribution in [3.8, 4) is 0 Å². The van der Waals surface area contributed by atoms with Gasteiger partial charge in [-0.05, 0) is 55.1 Å². The molecule has 0 N–H and O–H groups in total. The average Bonchev–Trinajstić information content (AvgIpc) is 2.20. The molecule has 1 nitrogen and oxygen atoms in total. The van der Waals surface area contributed by atoms with Crippen LogP contribution in [0.5, 0.6) is 0 Å². The first kappa shape index (κ1) is 17.0. The Morgan fingerprint density at radius 3 is 2.37 bits per heavy atom. The van der Waals surface area contributed by atoms with Crippen LogP contribution in [0.1, 0.15) is 60.3 Å². The third-order valence-electron chi connectivity index (χ3n) is 5.43. The largest absolute Gasteiger partial charge is 0.417 e. The second-order valence-corrected chi connectivity index (χ2v) is 13.3. The van der Waals surface area contributed by atoms with Crippen molar-refractivity contribution in [1.29, 1.82) is 0 Å². The summed E-state index contributed by atoms with van der Waals surface area (Å²) in [7, 11) is -1.59. The van der Waals surface area contributed by atoms with Crippen LogP contribution in [0.25, 0.3) is 0 Å². The van der Waals surface area contributed by atoms with Crippen molar-refractivity contribution in [2.75, 3.05) is 6.61 Å². The highest BCUT2D eigenvalue weighted by Crippen LogP contribution is 2.45. The van der Waals surface area contributed by atoms with Crippen LogP contribution < -0.4 is 0 Å². The molecular weight excluding hydrogens is 248 g/mol. The van der Waals surface area contributed by atoms with E-state index in [1.165, 1.54) is 24.8 Å². The highest BCUT2D eigenvalue weighted by Gasteiger charge is 2.38. The predicted octanol–water partition coefficient (Wildman–Crippen LogP) is 5.78. The summed E-state index contributed by atoms with van der Waals surface area (Å²) in [5.41, 5.74) is 1.86. The SMILES string of the molecule is C=C1CCCC(C)(C)C1CCO[Si](C)(C)C(C)(C)C. The van der Waals surface area contributed by atoms with Crippen LogP contribution in [0.4, 0.5) is 0 Å². The van der Waals surface area contributed by atoms with Crippen molar-refractivity contribution in [2.24, 2.45) is 11.3 Å². The summed E-state index contributed by atoms with van der Waals surface area (Å²) >= 11 is 0. The average molecular weight is 283 g/mol. The van der Waals surface area contributed by atoms with Gasteiger partial charge in [0.25, 0.3) is 0 Å². The first-order valence-electron chi connectivity index (χ1n) is 7.79. The van der Waals surface area contributed by atoms with Gasteiger partial charge < -0.3 is 4.43 Å². The molecule has 1 rings (SSSR count). The lowest BCUT2D eigenvalue weighted by Crippen LogP contribution is -2.41. The van der Waals surface area contributed by atoms with Crippen molar-refractivity contribution in [3.05, 3.63) is 12.2 Å². The number of allylic oxidation sites excluding steroid dienone is 1. The zero-order valence-corrected chi connectivity index (χ0v) is 15.2. The van der Waals surface area contributed by atoms with E-state index in [9.17, 15) is 0 Å². The van der Waals surface area contributed by atoms with Gasteiger partial charge in [-0.15, -0.1) is 0 Å². The Hall–Kier alpha value is -0.0831. The third kappa shape index (κ3) is 4.19. The molecule has 1 fully saturated rings. The molecule has 2 heteroatoms. The molecule has 0 aromatic carbocycles. The molecule has 0 saturated heterocycles. The minimum absolute atomic E-state index is 0.312. The molecule has 0 radical (unpaired) electrons. The van der Waals surface area contributed by atoms with E-state index in [2.05, 4.69) is 54.3 Å². The van der Waals surface area contributed by atoms with Crippen LogP contribution in [-0.2, 0) is 4.43 Å². The summed E-state index contributed by atoms with van der Waals surface area (Å²) in [4.78, 5) is 0. The summed E-state index contributed by atoms with van der Waals surface area (Å²) in [6.45, 7) is 21.6. The molecule has 0 spiro atoms. The minimum atomic E-state index is -1.59. The molecular formula is C17H34OSi. The lowest BCUT2D eigenvalue weighted by Gasteiger charge is -2.42. The van der Waals surface area contributed by atoms with Gasteiger partial charge >= 0.3 is 0 Å². The van der Waals surface area contributed by atoms with E-state index in [1.54, 1.807) is 0 Å². The lowest BCUT2D eigenvalue weighted by atomic mass is 9.66. The van der Waals surface area contributed by atoms with E-state index in [1.807, 2.05) is 0 Å². The van der Waals surface area contributed by atoms with Crippen molar-refractivity contribution < 1.29 is 4.43 Å². The Morgan fingerprint density at radius 1 is 1.32 bits per heavy atom. The summed E-state index contributed by atoms with van der Waals surface area (Å²) < 4.78 is 6.34. The molecule has 0 aliphatic heterocycles. The fraction of sp³-hybridized carbons (Fsp3) is 0.882. The van der Waals surface area contributed by atoms with Gasteiger partial charge in [0.15, 0.2) is 8.32 Å². The van der Waals surface area contributed by atoms with Crippen LogP contribution in [0, 0.1) is 11.3 Å². The van der Waals surface area contributed by atoms with Crippen LogP contribution in [-0.4, -0.2) is 14.9 Å². The molecule has 1 aliphatic rings. The minimum Gasteiger partial charge on any atom is -0.417 e. The lowest BCUT2D eigenvalue weighted by molar-refractivity contribution is 0.150. The molecule has 1 unspecified atom stereocenters. The van der Waals surface area contributed by atoms with Crippen LogP contribution in [0.2, 0.25) is 18.1 Å². The van der Waals surface area contributed by atoms with Gasteiger partial charge in [-0.2, -0.15) is 0 Å². The van der Waals surface area contributed by atoms with Crippen LogP contribution in [0.3, 0.4) is 0 Å². The first-order chi connectivity index (χ1) is 8.47. The van der Waals surface area contributed by atoms with Gasteiger partial charge in [0.2, 0.25) is 0 Å². The highest BCUT2D eigenvalue weighted by atomic mass is 28.4. The molecule has 0 amide bonds. The van der Waals surface area contributed by atoms with E-state index in [0.717, 1.165) is 13.0 Å². The Kier molecular flexibility index (Phi) is 5.12. The molecule has 1 aliphatic carbocycles. The van der Waals surface area contributed by atoms with Gasteiger partial charge in [-0.1, -0.05) is 46.8 Å². The van der Waals surface area contributed by atoms with E-state index in [0.29, 0.717) is 16.4 Å². The maximum absolute atomic E-state index is 6.34. The smallest absolute Gasteiger partial charge is 0.191 e. The van der Waals surface area contributed by atoms with Crippen molar-refractivity contribution in [3.63, 3.8) is 0 Å². The Bertz CT molecular complexity index is 323. The fourth-order valence-corrected chi connectivity index (χ4v) is 3.98. The first-order valence-corrected chi connectivity index (χ1v) is 10.7. The van der Waals surface area contributed by atoms with Gasteiger partial charge in [0.1, 0.15) is 0 Å². The Labute approximate surface area is 122 Å². The monoisotopic (exact) mass is 282 g/mol. The van der Waals surface area contributed by atoms with Crippen molar-refractivity contribution in [2.45, 2.75) is 78.4 Å². The Morgan fingerprint density at radius 2 is 1.89 bits per heavy atom. The molecule has 1 atom stereocenters. The number of hydrogen-bond donors (Lipinski definition) is 0. The van der Waals surface area contributed by atoms with Crippen molar-refractivity contribution >= 4 is 8.32 Å². The topological polar surface area (TPSA) is 9.23 Å². The van der Waals surface area contributed by atoms with E-state index < -0.39 is 8.32 Å². The number of hydrogen-bond acceptors (Lipinski definition) is 1. The van der Waals surface area contributed by atoms with E-state index in [-0.39, 0.29) is 0 Å². The van der Waals surface area contributed by atoms with Gasteiger partial charge in [0, 0.05) is 6.61 Å². The molecule has 112 valence electrons. The van der Waals surface area contributed by atoms with E-state index in [4.69, 9.17) is 4.43 Å². The standard InChI is InChI=1S/C17H34OSi/c1-14-10-9-12-17(5,6)15(14)11-13-18-19(7,8)16(2,3)4/h15H,1,9-13H2,2-8H3. The third-order valence-corrected chi connectivity index (χ3v) is 9.97. The second kappa shape index (κ2) is 5.73. The zero-order chi connectivity index (χ0) is 14.9. The zero-order valence-electron chi connectivity index (χ0n) is 14.2. The maximum atomic E-state index is 6.34. The van der Waals surface area contributed by atoms with Gasteiger partial charge in [0.05, 0.1) is 0 Å². The molecule has 0 aromatic heterocycles. The Balaban J connectivity index is 2.55. The molecule has 19 heavy (non-hydrogen) atoms. The van der Waals surface area contributed by atoms with E-state index >= 15 is 0 Å². The van der Waals surface area contributed by atoms with Crippen LogP contribution in [0.15, 0.2) is 12.2 Å². The summed E-state index contributed by atoms with van der Waals surface area (Å²) in [6.07, 6.45) is 5.01. The second-order valence-electron chi connectivity index (χ2n) is 8.45. The maximum Gasteiger partial charge on any atom is 0.191 e. The molecule has 1 saturated carbocycles. The predicted molar refractivity (Wildman–Crippen MR) is 88.0 cm³/mol. The molecule has 0 bridgehead atoms. The van der Waals surface area contributed by atoms with Crippen LogP contribution >= 0.6 is 0 Å². The van der Waals surface area contributed by atoms with Crippen molar-refractivity contribution in [1.82, 2.24) is 0 Å². The van der Waals surface area contributed by atoms with Gasteiger partial charge in [-0.25, -0.2) is 0 Å².